The molecule has 0 saturated heterocycles. The summed E-state index contributed by atoms with van der Waals surface area (Å²) in [5.74, 6) is -0.368. The fourth-order valence-corrected chi connectivity index (χ4v) is 1.57. The Morgan fingerprint density at radius 2 is 1.93 bits per heavy atom. The Balaban J connectivity index is 2.80. The summed E-state index contributed by atoms with van der Waals surface area (Å²) in [7, 11) is 0. The van der Waals surface area contributed by atoms with E-state index < -0.39 is 0 Å². The van der Waals surface area contributed by atoms with E-state index in [1.54, 1.807) is 12.1 Å². The molecule has 0 radical (unpaired) electrons. The molecule has 0 amide bonds. The van der Waals surface area contributed by atoms with Gasteiger partial charge in [0.05, 0.1) is 5.02 Å². The van der Waals surface area contributed by atoms with Gasteiger partial charge in [0.25, 0.3) is 0 Å². The van der Waals surface area contributed by atoms with Gasteiger partial charge in [0.1, 0.15) is 5.82 Å². The minimum atomic E-state index is -0.368. The molecule has 1 N–H and O–H groups in total. The Kier molecular flexibility index (Phi) is 3.90. The Labute approximate surface area is 89.3 Å². The zero-order chi connectivity index (χ0) is 10.7. The smallest absolute Gasteiger partial charge is 0.141 e. The van der Waals surface area contributed by atoms with Crippen LogP contribution in [-0.2, 0) is 0 Å². The van der Waals surface area contributed by atoms with Crippen molar-refractivity contribution in [3.8, 4) is 0 Å². The van der Waals surface area contributed by atoms with Gasteiger partial charge < -0.3 is 5.32 Å². The van der Waals surface area contributed by atoms with Crippen LogP contribution in [-0.4, -0.2) is 6.04 Å². The Morgan fingerprint density at radius 3 is 2.43 bits per heavy atom. The van der Waals surface area contributed by atoms with Crippen molar-refractivity contribution in [2.45, 2.75) is 32.9 Å². The fraction of sp³-hybridized carbons (Fsp3) is 0.455. The summed E-state index contributed by atoms with van der Waals surface area (Å²) in [6, 6.07) is 5.40. The Bertz CT molecular complexity index is 312. The molecule has 1 unspecified atom stereocenters. The summed E-state index contributed by atoms with van der Waals surface area (Å²) >= 11 is 5.69. The van der Waals surface area contributed by atoms with Crippen LogP contribution < -0.4 is 5.32 Å². The second-order valence-corrected chi connectivity index (χ2v) is 4.12. The highest BCUT2D eigenvalue weighted by Gasteiger charge is 2.08. The predicted molar refractivity (Wildman–Crippen MR) is 58.1 cm³/mol. The molecule has 3 heteroatoms. The minimum Gasteiger partial charge on any atom is -0.308 e. The lowest BCUT2D eigenvalue weighted by Crippen LogP contribution is -2.26. The van der Waals surface area contributed by atoms with Gasteiger partial charge in [-0.3, -0.25) is 0 Å². The SMILES string of the molecule is CC(C)NC(C)c1ccc(F)c(Cl)c1. The quantitative estimate of drug-likeness (QED) is 0.814. The van der Waals surface area contributed by atoms with Crippen LogP contribution in [0.4, 0.5) is 4.39 Å². The summed E-state index contributed by atoms with van der Waals surface area (Å²) in [6.45, 7) is 6.17. The van der Waals surface area contributed by atoms with E-state index in [4.69, 9.17) is 11.6 Å². The Morgan fingerprint density at radius 1 is 1.29 bits per heavy atom. The van der Waals surface area contributed by atoms with Crippen molar-refractivity contribution >= 4 is 11.6 Å². The number of hydrogen-bond donors (Lipinski definition) is 1. The maximum absolute atomic E-state index is 12.9. The molecule has 0 aliphatic rings. The van der Waals surface area contributed by atoms with Gasteiger partial charge in [-0.15, -0.1) is 0 Å². The van der Waals surface area contributed by atoms with Crippen molar-refractivity contribution in [2.24, 2.45) is 0 Å². The van der Waals surface area contributed by atoms with E-state index in [0.29, 0.717) is 6.04 Å². The van der Waals surface area contributed by atoms with Crippen molar-refractivity contribution < 1.29 is 4.39 Å². The van der Waals surface area contributed by atoms with E-state index in [2.05, 4.69) is 19.2 Å². The predicted octanol–water partition coefficient (Wildman–Crippen LogP) is 3.54. The van der Waals surface area contributed by atoms with Crippen molar-refractivity contribution in [3.63, 3.8) is 0 Å². The molecular formula is C11H15ClFN. The highest BCUT2D eigenvalue weighted by atomic mass is 35.5. The number of nitrogens with one attached hydrogen (secondary N) is 1. The van der Waals surface area contributed by atoms with Crippen LogP contribution in [0, 0.1) is 5.82 Å². The molecule has 0 spiro atoms. The van der Waals surface area contributed by atoms with Gasteiger partial charge >= 0.3 is 0 Å². The molecule has 0 saturated carbocycles. The second-order valence-electron chi connectivity index (χ2n) is 3.72. The molecule has 0 fully saturated rings. The maximum Gasteiger partial charge on any atom is 0.141 e. The number of halogens is 2. The molecule has 1 aromatic carbocycles. The van der Waals surface area contributed by atoms with E-state index in [-0.39, 0.29) is 16.9 Å². The summed E-state index contributed by atoms with van der Waals surface area (Å²) in [5.41, 5.74) is 1.00. The van der Waals surface area contributed by atoms with Crippen LogP contribution in [0.1, 0.15) is 32.4 Å². The first kappa shape index (κ1) is 11.5. The van der Waals surface area contributed by atoms with E-state index in [1.807, 2.05) is 6.92 Å². The van der Waals surface area contributed by atoms with E-state index in [9.17, 15) is 4.39 Å². The van der Waals surface area contributed by atoms with E-state index in [1.165, 1.54) is 6.07 Å². The molecule has 14 heavy (non-hydrogen) atoms. The van der Waals surface area contributed by atoms with Crippen LogP contribution >= 0.6 is 11.6 Å². The zero-order valence-electron chi connectivity index (χ0n) is 8.64. The number of benzene rings is 1. The van der Waals surface area contributed by atoms with Crippen molar-refractivity contribution in [1.82, 2.24) is 5.32 Å². The monoisotopic (exact) mass is 215 g/mol. The molecule has 78 valence electrons. The first-order valence-electron chi connectivity index (χ1n) is 4.71. The molecule has 1 nitrogen and oxygen atoms in total. The Hall–Kier alpha value is -0.600. The van der Waals surface area contributed by atoms with Crippen molar-refractivity contribution in [2.75, 3.05) is 0 Å². The fourth-order valence-electron chi connectivity index (χ4n) is 1.38. The molecular weight excluding hydrogens is 201 g/mol. The van der Waals surface area contributed by atoms with Gasteiger partial charge in [-0.1, -0.05) is 31.5 Å². The summed E-state index contributed by atoms with van der Waals surface area (Å²) in [4.78, 5) is 0. The molecule has 1 aromatic rings. The van der Waals surface area contributed by atoms with Gasteiger partial charge in [0.15, 0.2) is 0 Å². The average molecular weight is 216 g/mol. The highest BCUT2D eigenvalue weighted by molar-refractivity contribution is 6.30. The van der Waals surface area contributed by atoms with Gasteiger partial charge in [0.2, 0.25) is 0 Å². The molecule has 0 aliphatic carbocycles. The zero-order valence-corrected chi connectivity index (χ0v) is 9.40. The van der Waals surface area contributed by atoms with Crippen molar-refractivity contribution in [3.05, 3.63) is 34.6 Å². The van der Waals surface area contributed by atoms with Gasteiger partial charge in [-0.25, -0.2) is 4.39 Å². The van der Waals surface area contributed by atoms with Crippen molar-refractivity contribution in [1.29, 1.82) is 0 Å². The van der Waals surface area contributed by atoms with Crippen LogP contribution in [0.5, 0.6) is 0 Å². The third-order valence-corrected chi connectivity index (χ3v) is 2.32. The van der Waals surface area contributed by atoms with Gasteiger partial charge in [-0.2, -0.15) is 0 Å². The van der Waals surface area contributed by atoms with Gasteiger partial charge in [0, 0.05) is 12.1 Å². The minimum absolute atomic E-state index is 0.180. The third-order valence-electron chi connectivity index (χ3n) is 2.03. The summed E-state index contributed by atoms with van der Waals surface area (Å²) in [5, 5.41) is 3.51. The molecule has 0 aliphatic heterocycles. The molecule has 0 heterocycles. The maximum atomic E-state index is 12.9. The van der Waals surface area contributed by atoms with Crippen LogP contribution in [0.15, 0.2) is 18.2 Å². The highest BCUT2D eigenvalue weighted by Crippen LogP contribution is 2.20. The molecule has 1 rings (SSSR count). The lowest BCUT2D eigenvalue weighted by molar-refractivity contribution is 0.505. The van der Waals surface area contributed by atoms with Crippen LogP contribution in [0.25, 0.3) is 0 Å². The van der Waals surface area contributed by atoms with E-state index >= 15 is 0 Å². The first-order chi connectivity index (χ1) is 6.50. The van der Waals surface area contributed by atoms with Crippen LogP contribution in [0.2, 0.25) is 5.02 Å². The normalized spacial score (nSPS) is 13.3. The second kappa shape index (κ2) is 4.76. The number of hydrogen-bond acceptors (Lipinski definition) is 1. The first-order valence-corrected chi connectivity index (χ1v) is 5.09. The largest absolute Gasteiger partial charge is 0.308 e. The topological polar surface area (TPSA) is 12.0 Å². The van der Waals surface area contributed by atoms with E-state index in [0.717, 1.165) is 5.56 Å². The van der Waals surface area contributed by atoms with Gasteiger partial charge in [-0.05, 0) is 24.6 Å². The number of rotatable bonds is 3. The standard InChI is InChI=1S/C11H15ClFN/c1-7(2)14-8(3)9-4-5-11(13)10(12)6-9/h4-8,14H,1-3H3. The summed E-state index contributed by atoms with van der Waals surface area (Å²) in [6.07, 6.45) is 0. The molecule has 1 atom stereocenters. The molecule has 0 bridgehead atoms. The lowest BCUT2D eigenvalue weighted by atomic mass is 10.1. The summed E-state index contributed by atoms with van der Waals surface area (Å²) < 4.78 is 12.9. The third kappa shape index (κ3) is 2.96. The molecule has 0 aromatic heterocycles. The average Bonchev–Trinajstić information content (AvgIpc) is 2.08. The van der Waals surface area contributed by atoms with Crippen LogP contribution in [0.3, 0.4) is 0 Å². The lowest BCUT2D eigenvalue weighted by Gasteiger charge is -2.17.